The van der Waals surface area contributed by atoms with Gasteiger partial charge < -0.3 is 15.2 Å². The first-order valence-corrected chi connectivity index (χ1v) is 6.47. The molecule has 0 spiro atoms. The minimum Gasteiger partial charge on any atom is -0.465 e. The molecule has 17 heavy (non-hydrogen) atoms. The van der Waals surface area contributed by atoms with Crippen molar-refractivity contribution in [2.75, 3.05) is 19.8 Å². The lowest BCUT2D eigenvalue weighted by atomic mass is 10.0. The number of nitrogens with two attached hydrogens (primary N) is 1. The predicted octanol–water partition coefficient (Wildman–Crippen LogP) is 2.11. The van der Waals surface area contributed by atoms with Crippen LogP contribution in [-0.2, 0) is 14.3 Å². The molecule has 0 radical (unpaired) electrons. The van der Waals surface area contributed by atoms with E-state index in [9.17, 15) is 4.79 Å². The SMILES string of the molecule is CCCC(C)COCCC(C)(N)C(=O)OCC. The van der Waals surface area contributed by atoms with Gasteiger partial charge in [-0.25, -0.2) is 0 Å². The highest BCUT2D eigenvalue weighted by Gasteiger charge is 2.29. The van der Waals surface area contributed by atoms with Crippen molar-refractivity contribution in [2.45, 2.75) is 52.5 Å². The zero-order chi connectivity index (χ0) is 13.3. The van der Waals surface area contributed by atoms with Crippen LogP contribution >= 0.6 is 0 Å². The van der Waals surface area contributed by atoms with Gasteiger partial charge in [0.05, 0.1) is 6.61 Å². The van der Waals surface area contributed by atoms with Crippen molar-refractivity contribution in [1.29, 1.82) is 0 Å². The molecule has 0 aliphatic heterocycles. The molecule has 0 saturated carbocycles. The van der Waals surface area contributed by atoms with Crippen molar-refractivity contribution >= 4 is 5.97 Å². The Hall–Kier alpha value is -0.610. The molecular weight excluding hydrogens is 218 g/mol. The van der Waals surface area contributed by atoms with Gasteiger partial charge in [-0.1, -0.05) is 20.3 Å². The second-order valence-electron chi connectivity index (χ2n) is 4.86. The lowest BCUT2D eigenvalue weighted by Crippen LogP contribution is -2.47. The normalized spacial score (nSPS) is 16.3. The highest BCUT2D eigenvalue weighted by Crippen LogP contribution is 2.10. The number of carbonyl (C=O) groups is 1. The Labute approximate surface area is 105 Å². The van der Waals surface area contributed by atoms with Crippen LogP contribution in [0.15, 0.2) is 0 Å². The molecule has 0 aliphatic rings. The number of rotatable bonds is 9. The van der Waals surface area contributed by atoms with Crippen molar-refractivity contribution in [3.63, 3.8) is 0 Å². The van der Waals surface area contributed by atoms with Gasteiger partial charge >= 0.3 is 5.97 Å². The second-order valence-corrected chi connectivity index (χ2v) is 4.86. The molecule has 0 aromatic carbocycles. The van der Waals surface area contributed by atoms with Gasteiger partial charge in [-0.15, -0.1) is 0 Å². The van der Waals surface area contributed by atoms with Crippen LogP contribution in [0.2, 0.25) is 0 Å². The monoisotopic (exact) mass is 245 g/mol. The van der Waals surface area contributed by atoms with Gasteiger partial charge in [0.1, 0.15) is 5.54 Å². The maximum Gasteiger partial charge on any atom is 0.325 e. The second kappa shape index (κ2) is 8.48. The third-order valence-electron chi connectivity index (χ3n) is 2.69. The summed E-state index contributed by atoms with van der Waals surface area (Å²) < 4.78 is 10.4. The first-order chi connectivity index (χ1) is 7.94. The van der Waals surface area contributed by atoms with E-state index in [0.29, 0.717) is 25.6 Å². The average Bonchev–Trinajstić information content (AvgIpc) is 2.25. The van der Waals surface area contributed by atoms with Crippen LogP contribution in [0.25, 0.3) is 0 Å². The van der Waals surface area contributed by atoms with E-state index < -0.39 is 5.54 Å². The maximum atomic E-state index is 11.5. The van der Waals surface area contributed by atoms with Crippen molar-refractivity contribution in [1.82, 2.24) is 0 Å². The van der Waals surface area contributed by atoms with Crippen LogP contribution < -0.4 is 5.73 Å². The zero-order valence-electron chi connectivity index (χ0n) is 11.6. The van der Waals surface area contributed by atoms with E-state index in [1.54, 1.807) is 13.8 Å². The number of ether oxygens (including phenoxy) is 2. The Morgan fingerprint density at radius 2 is 2.06 bits per heavy atom. The smallest absolute Gasteiger partial charge is 0.325 e. The number of hydrogen-bond donors (Lipinski definition) is 1. The van der Waals surface area contributed by atoms with E-state index in [2.05, 4.69) is 13.8 Å². The first-order valence-electron chi connectivity index (χ1n) is 6.47. The van der Waals surface area contributed by atoms with Crippen LogP contribution in [0.5, 0.6) is 0 Å². The molecule has 102 valence electrons. The van der Waals surface area contributed by atoms with Crippen molar-refractivity contribution < 1.29 is 14.3 Å². The highest BCUT2D eigenvalue weighted by atomic mass is 16.5. The maximum absolute atomic E-state index is 11.5. The molecular formula is C13H27NO3. The zero-order valence-corrected chi connectivity index (χ0v) is 11.6. The standard InChI is InChI=1S/C13H27NO3/c1-5-7-11(3)10-16-9-8-13(4,14)12(15)17-6-2/h11H,5-10,14H2,1-4H3. The molecule has 2 unspecified atom stereocenters. The van der Waals surface area contributed by atoms with Gasteiger partial charge in [0.2, 0.25) is 0 Å². The molecule has 0 bridgehead atoms. The largest absolute Gasteiger partial charge is 0.465 e. The Morgan fingerprint density at radius 1 is 1.41 bits per heavy atom. The Balaban J connectivity index is 3.75. The van der Waals surface area contributed by atoms with Crippen molar-refractivity contribution in [2.24, 2.45) is 11.7 Å². The number of hydrogen-bond acceptors (Lipinski definition) is 4. The van der Waals surface area contributed by atoms with Gasteiger partial charge in [0.15, 0.2) is 0 Å². The fraction of sp³-hybridized carbons (Fsp3) is 0.923. The van der Waals surface area contributed by atoms with Gasteiger partial charge in [-0.05, 0) is 32.6 Å². The summed E-state index contributed by atoms with van der Waals surface area (Å²) >= 11 is 0. The Bertz CT molecular complexity index is 217. The quantitative estimate of drug-likeness (QED) is 0.499. The molecule has 0 amide bonds. The topological polar surface area (TPSA) is 61.5 Å². The Kier molecular flexibility index (Phi) is 8.17. The summed E-state index contributed by atoms with van der Waals surface area (Å²) in [5.74, 6) is 0.205. The fourth-order valence-electron chi connectivity index (χ4n) is 1.54. The third-order valence-corrected chi connectivity index (χ3v) is 2.69. The summed E-state index contributed by atoms with van der Waals surface area (Å²) in [7, 11) is 0. The van der Waals surface area contributed by atoms with Gasteiger partial charge in [0.25, 0.3) is 0 Å². The molecule has 0 heterocycles. The molecule has 0 aromatic rings. The number of carbonyl (C=O) groups excluding carboxylic acids is 1. The summed E-state index contributed by atoms with van der Waals surface area (Å²) in [6.07, 6.45) is 2.82. The van der Waals surface area contributed by atoms with Gasteiger partial charge in [-0.2, -0.15) is 0 Å². The van der Waals surface area contributed by atoms with Crippen LogP contribution in [0.4, 0.5) is 0 Å². The molecule has 0 aromatic heterocycles. The molecule has 0 rings (SSSR count). The van der Waals surface area contributed by atoms with E-state index >= 15 is 0 Å². The summed E-state index contributed by atoms with van der Waals surface area (Å²) in [6.45, 7) is 9.37. The van der Waals surface area contributed by atoms with Gasteiger partial charge in [-0.3, -0.25) is 4.79 Å². The van der Waals surface area contributed by atoms with E-state index in [0.717, 1.165) is 13.0 Å². The van der Waals surface area contributed by atoms with Crippen molar-refractivity contribution in [3.8, 4) is 0 Å². The van der Waals surface area contributed by atoms with Crippen LogP contribution in [0, 0.1) is 5.92 Å². The average molecular weight is 245 g/mol. The van der Waals surface area contributed by atoms with E-state index in [1.165, 1.54) is 6.42 Å². The van der Waals surface area contributed by atoms with Crippen LogP contribution in [0.3, 0.4) is 0 Å². The summed E-state index contributed by atoms with van der Waals surface area (Å²) in [4.78, 5) is 11.5. The molecule has 4 heteroatoms. The highest BCUT2D eigenvalue weighted by molar-refractivity contribution is 5.79. The molecule has 0 saturated heterocycles. The van der Waals surface area contributed by atoms with Crippen LogP contribution in [0.1, 0.15) is 47.0 Å². The lowest BCUT2D eigenvalue weighted by molar-refractivity contribution is -0.149. The summed E-state index contributed by atoms with van der Waals surface area (Å²) in [5, 5.41) is 0. The summed E-state index contributed by atoms with van der Waals surface area (Å²) in [6, 6.07) is 0. The molecule has 2 atom stereocenters. The van der Waals surface area contributed by atoms with Gasteiger partial charge in [0, 0.05) is 13.2 Å². The lowest BCUT2D eigenvalue weighted by Gasteiger charge is -2.22. The number of esters is 1. The van der Waals surface area contributed by atoms with Crippen molar-refractivity contribution in [3.05, 3.63) is 0 Å². The van der Waals surface area contributed by atoms with E-state index in [-0.39, 0.29) is 5.97 Å². The summed E-state index contributed by atoms with van der Waals surface area (Å²) in [5.41, 5.74) is 4.93. The fourth-order valence-corrected chi connectivity index (χ4v) is 1.54. The minimum absolute atomic E-state index is 0.356. The molecule has 0 aliphatic carbocycles. The molecule has 4 nitrogen and oxygen atoms in total. The third kappa shape index (κ3) is 7.34. The van der Waals surface area contributed by atoms with Crippen LogP contribution in [-0.4, -0.2) is 31.3 Å². The first kappa shape index (κ1) is 16.4. The Morgan fingerprint density at radius 3 is 2.59 bits per heavy atom. The molecule has 0 fully saturated rings. The predicted molar refractivity (Wildman–Crippen MR) is 68.7 cm³/mol. The molecule has 2 N–H and O–H groups in total. The minimum atomic E-state index is -0.940. The van der Waals surface area contributed by atoms with E-state index in [4.69, 9.17) is 15.2 Å². The van der Waals surface area contributed by atoms with E-state index in [1.807, 2.05) is 0 Å².